The summed E-state index contributed by atoms with van der Waals surface area (Å²) in [5.41, 5.74) is 0.530. The Labute approximate surface area is 142 Å². The zero-order valence-corrected chi connectivity index (χ0v) is 13.8. The number of ether oxygens (including phenoxy) is 1. The van der Waals surface area contributed by atoms with Gasteiger partial charge in [-0.2, -0.15) is 13.2 Å². The van der Waals surface area contributed by atoms with Crippen molar-refractivity contribution in [3.05, 3.63) is 29.6 Å². The second-order valence-electron chi connectivity index (χ2n) is 7.01. The van der Waals surface area contributed by atoms with E-state index in [1.54, 1.807) is 6.92 Å². The van der Waals surface area contributed by atoms with Gasteiger partial charge < -0.3 is 15.4 Å². The van der Waals surface area contributed by atoms with Gasteiger partial charge in [0.15, 0.2) is 18.2 Å². The monoisotopic (exact) mass is 360 g/mol. The quantitative estimate of drug-likeness (QED) is 0.778. The molecule has 1 atom stereocenters. The molecule has 0 aliphatic heterocycles. The minimum absolute atomic E-state index is 0.0714. The Hall–Kier alpha value is -1.99. The van der Waals surface area contributed by atoms with E-state index in [-0.39, 0.29) is 11.6 Å². The van der Waals surface area contributed by atoms with E-state index < -0.39 is 36.4 Å². The van der Waals surface area contributed by atoms with E-state index in [0.717, 1.165) is 18.9 Å². The van der Waals surface area contributed by atoms with Crippen LogP contribution in [0.1, 0.15) is 44.2 Å². The summed E-state index contributed by atoms with van der Waals surface area (Å²) in [5.74, 6) is -1.39. The summed E-state index contributed by atoms with van der Waals surface area (Å²) in [6.45, 7) is -0.00617. The predicted octanol–water partition coefficient (Wildman–Crippen LogP) is 4.07. The Kier molecular flexibility index (Phi) is 4.55. The molecule has 2 aliphatic rings. The zero-order valence-electron chi connectivity index (χ0n) is 13.8. The highest BCUT2D eigenvalue weighted by atomic mass is 19.4. The number of nitrogens with one attached hydrogen (secondary N) is 2. The fourth-order valence-corrected chi connectivity index (χ4v) is 3.31. The third-order valence-electron chi connectivity index (χ3n) is 4.85. The number of hydrogen-bond donors (Lipinski definition) is 2. The molecule has 138 valence electrons. The molecule has 2 fully saturated rings. The van der Waals surface area contributed by atoms with Crippen LogP contribution in [-0.4, -0.2) is 24.9 Å². The lowest BCUT2D eigenvalue weighted by molar-refractivity contribution is -0.153. The third kappa shape index (κ3) is 4.35. The van der Waals surface area contributed by atoms with Crippen LogP contribution in [0.15, 0.2) is 18.2 Å². The van der Waals surface area contributed by atoms with E-state index in [4.69, 9.17) is 0 Å². The second kappa shape index (κ2) is 6.38. The highest BCUT2D eigenvalue weighted by molar-refractivity contribution is 5.75. The highest BCUT2D eigenvalue weighted by Crippen LogP contribution is 2.60. The molecule has 0 aromatic heterocycles. The van der Waals surface area contributed by atoms with Gasteiger partial charge in [0.05, 0.1) is 6.04 Å². The lowest BCUT2D eigenvalue weighted by Crippen LogP contribution is -2.49. The molecule has 3 rings (SSSR count). The van der Waals surface area contributed by atoms with Crippen molar-refractivity contribution in [2.24, 2.45) is 5.41 Å². The van der Waals surface area contributed by atoms with Crippen molar-refractivity contribution in [2.45, 2.75) is 50.9 Å². The largest absolute Gasteiger partial charge is 0.481 e. The van der Waals surface area contributed by atoms with Gasteiger partial charge in [0.1, 0.15) is 0 Å². The molecule has 1 spiro atoms. The third-order valence-corrected chi connectivity index (χ3v) is 4.85. The lowest BCUT2D eigenvalue weighted by Gasteiger charge is -2.36. The molecule has 1 unspecified atom stereocenters. The van der Waals surface area contributed by atoms with E-state index in [0.29, 0.717) is 5.41 Å². The Balaban J connectivity index is 1.55. The van der Waals surface area contributed by atoms with Gasteiger partial charge in [-0.15, -0.1) is 0 Å². The van der Waals surface area contributed by atoms with Gasteiger partial charge in [0.2, 0.25) is 0 Å². The van der Waals surface area contributed by atoms with Crippen molar-refractivity contribution < 1.29 is 27.1 Å². The first-order valence-corrected chi connectivity index (χ1v) is 8.22. The highest BCUT2D eigenvalue weighted by Gasteiger charge is 2.53. The summed E-state index contributed by atoms with van der Waals surface area (Å²) in [4.78, 5) is 12.0. The summed E-state index contributed by atoms with van der Waals surface area (Å²) < 4.78 is 55.5. The number of benzene rings is 1. The summed E-state index contributed by atoms with van der Waals surface area (Å²) in [6, 6.07) is 2.95. The van der Waals surface area contributed by atoms with Gasteiger partial charge >= 0.3 is 12.2 Å². The molecule has 0 radical (unpaired) electrons. The van der Waals surface area contributed by atoms with Crippen molar-refractivity contribution >= 4 is 6.03 Å². The molecule has 25 heavy (non-hydrogen) atoms. The Morgan fingerprint density at radius 2 is 2.04 bits per heavy atom. The summed E-state index contributed by atoms with van der Waals surface area (Å²) in [5, 5.41) is 5.45. The molecule has 2 aliphatic carbocycles. The van der Waals surface area contributed by atoms with Crippen molar-refractivity contribution in [1.82, 2.24) is 10.6 Å². The van der Waals surface area contributed by atoms with E-state index in [2.05, 4.69) is 15.4 Å². The first-order chi connectivity index (χ1) is 11.7. The molecule has 2 saturated carbocycles. The molecular weight excluding hydrogens is 340 g/mol. The SMILES string of the molecule is CC(NC(=O)NC1CC2(CC2)C1)c1cccc(OCC(F)(F)F)c1F. The van der Waals surface area contributed by atoms with Gasteiger partial charge in [-0.3, -0.25) is 0 Å². The number of hydrogen-bond acceptors (Lipinski definition) is 2. The van der Waals surface area contributed by atoms with Crippen molar-refractivity contribution in [3.63, 3.8) is 0 Å². The summed E-state index contributed by atoms with van der Waals surface area (Å²) in [7, 11) is 0. The maximum atomic E-state index is 14.3. The van der Waals surface area contributed by atoms with E-state index in [1.807, 2.05) is 0 Å². The van der Waals surface area contributed by atoms with Crippen molar-refractivity contribution in [1.29, 1.82) is 0 Å². The average molecular weight is 360 g/mol. The van der Waals surface area contributed by atoms with Crippen LogP contribution in [0, 0.1) is 11.2 Å². The van der Waals surface area contributed by atoms with Crippen LogP contribution in [0.4, 0.5) is 22.4 Å². The van der Waals surface area contributed by atoms with E-state index >= 15 is 0 Å². The summed E-state index contributed by atoms with van der Waals surface area (Å²) >= 11 is 0. The van der Waals surface area contributed by atoms with Crippen LogP contribution in [0.25, 0.3) is 0 Å². The minimum Gasteiger partial charge on any atom is -0.481 e. The van der Waals surface area contributed by atoms with Crippen molar-refractivity contribution in [2.75, 3.05) is 6.61 Å². The minimum atomic E-state index is -4.55. The van der Waals surface area contributed by atoms with E-state index in [9.17, 15) is 22.4 Å². The number of halogens is 4. The lowest BCUT2D eigenvalue weighted by atomic mass is 9.77. The number of urea groups is 1. The predicted molar refractivity (Wildman–Crippen MR) is 82.7 cm³/mol. The number of carbonyl (C=O) groups excluding carboxylic acids is 1. The first-order valence-electron chi connectivity index (χ1n) is 8.22. The number of rotatable bonds is 5. The Morgan fingerprint density at radius 1 is 1.36 bits per heavy atom. The van der Waals surface area contributed by atoms with Crippen LogP contribution in [0.2, 0.25) is 0 Å². The first kappa shape index (κ1) is 17.8. The Bertz CT molecular complexity index is 651. The normalized spacial score (nSPS) is 19.9. The second-order valence-corrected chi connectivity index (χ2v) is 7.01. The molecule has 0 saturated heterocycles. The standard InChI is InChI=1S/C17H20F4N2O2/c1-10(22-15(24)23-11-7-16(8-11)5-6-16)12-3-2-4-13(14(12)18)25-9-17(19,20)21/h2-4,10-11H,5-9H2,1H3,(H2,22,23,24). The summed E-state index contributed by atoms with van der Waals surface area (Å²) in [6.07, 6.45) is -0.153. The Morgan fingerprint density at radius 3 is 2.64 bits per heavy atom. The molecule has 0 bridgehead atoms. The molecular formula is C17H20F4N2O2. The fourth-order valence-electron chi connectivity index (χ4n) is 3.31. The number of amides is 2. The number of alkyl halides is 3. The topological polar surface area (TPSA) is 50.4 Å². The maximum Gasteiger partial charge on any atom is 0.422 e. The van der Waals surface area contributed by atoms with Crippen LogP contribution < -0.4 is 15.4 Å². The van der Waals surface area contributed by atoms with Gasteiger partial charge in [0.25, 0.3) is 0 Å². The molecule has 1 aromatic rings. The molecule has 1 aromatic carbocycles. The fraction of sp³-hybridized carbons (Fsp3) is 0.588. The molecule has 2 amide bonds. The molecule has 4 nitrogen and oxygen atoms in total. The van der Waals surface area contributed by atoms with Crippen molar-refractivity contribution in [3.8, 4) is 5.75 Å². The maximum absolute atomic E-state index is 14.3. The van der Waals surface area contributed by atoms with Gasteiger partial charge in [-0.1, -0.05) is 12.1 Å². The van der Waals surface area contributed by atoms with Crippen LogP contribution in [-0.2, 0) is 0 Å². The van der Waals surface area contributed by atoms with Crippen LogP contribution in [0.3, 0.4) is 0 Å². The number of carbonyl (C=O) groups is 1. The molecule has 0 heterocycles. The van der Waals surface area contributed by atoms with Crippen LogP contribution >= 0.6 is 0 Å². The zero-order chi connectivity index (χ0) is 18.2. The van der Waals surface area contributed by atoms with Gasteiger partial charge in [0, 0.05) is 11.6 Å². The van der Waals surface area contributed by atoms with Gasteiger partial charge in [-0.25, -0.2) is 9.18 Å². The smallest absolute Gasteiger partial charge is 0.422 e. The van der Waals surface area contributed by atoms with E-state index in [1.165, 1.54) is 25.0 Å². The van der Waals surface area contributed by atoms with Crippen LogP contribution in [0.5, 0.6) is 5.75 Å². The molecule has 8 heteroatoms. The average Bonchev–Trinajstić information content (AvgIpc) is 3.25. The molecule has 2 N–H and O–H groups in total. The van der Waals surface area contributed by atoms with Gasteiger partial charge in [-0.05, 0) is 44.1 Å².